The molecule has 1 atom stereocenters. The van der Waals surface area contributed by atoms with Gasteiger partial charge in [-0.15, -0.1) is 11.3 Å². The summed E-state index contributed by atoms with van der Waals surface area (Å²) >= 11 is 1.75. The Morgan fingerprint density at radius 1 is 1.19 bits per heavy atom. The summed E-state index contributed by atoms with van der Waals surface area (Å²) in [6.45, 7) is 10.8. The molecule has 1 unspecified atom stereocenters. The fraction of sp³-hybridized carbons (Fsp3) is 0.520. The zero-order valence-electron chi connectivity index (χ0n) is 19.5. The Labute approximate surface area is 190 Å². The molecule has 0 saturated heterocycles. The van der Waals surface area contributed by atoms with Crippen molar-refractivity contribution in [2.24, 2.45) is 5.92 Å². The fourth-order valence-corrected chi connectivity index (χ4v) is 5.02. The zero-order valence-corrected chi connectivity index (χ0v) is 20.3. The van der Waals surface area contributed by atoms with Crippen molar-refractivity contribution in [1.82, 2.24) is 9.80 Å². The lowest BCUT2D eigenvalue weighted by atomic mass is 9.93. The zero-order chi connectivity index (χ0) is 22.8. The first kappa shape index (κ1) is 23.3. The van der Waals surface area contributed by atoms with Crippen LogP contribution in [0.2, 0.25) is 0 Å². The summed E-state index contributed by atoms with van der Waals surface area (Å²) in [4.78, 5) is 31.5. The number of rotatable bonds is 6. The van der Waals surface area contributed by atoms with E-state index in [0.717, 1.165) is 17.7 Å². The van der Waals surface area contributed by atoms with Crippen molar-refractivity contribution >= 4 is 23.2 Å². The molecule has 0 fully saturated rings. The molecular weight excluding hydrogens is 408 g/mol. The van der Waals surface area contributed by atoms with Crippen LogP contribution in [0, 0.1) is 5.92 Å². The summed E-state index contributed by atoms with van der Waals surface area (Å²) in [5.41, 5.74) is 1.83. The Morgan fingerprint density at radius 2 is 1.87 bits per heavy atom. The van der Waals surface area contributed by atoms with Gasteiger partial charge in [0.05, 0.1) is 13.2 Å². The van der Waals surface area contributed by atoms with Crippen LogP contribution in [0.25, 0.3) is 0 Å². The highest BCUT2D eigenvalue weighted by Crippen LogP contribution is 2.38. The number of benzene rings is 1. The largest absolute Gasteiger partial charge is 0.497 e. The maximum atomic E-state index is 13.6. The van der Waals surface area contributed by atoms with E-state index in [9.17, 15) is 9.59 Å². The van der Waals surface area contributed by atoms with E-state index in [1.165, 1.54) is 10.4 Å². The molecule has 1 aromatic heterocycles. The second-order valence-electron chi connectivity index (χ2n) is 9.56. The van der Waals surface area contributed by atoms with Crippen molar-refractivity contribution in [2.75, 3.05) is 20.2 Å². The number of nitrogens with zero attached hydrogens (tertiary/aromatic N) is 2. The second kappa shape index (κ2) is 9.43. The van der Waals surface area contributed by atoms with Gasteiger partial charge in [0.1, 0.15) is 12.3 Å². The van der Waals surface area contributed by atoms with Gasteiger partial charge in [0.2, 0.25) is 11.8 Å². The number of hydrogen-bond acceptors (Lipinski definition) is 4. The smallest absolute Gasteiger partial charge is 0.243 e. The molecule has 0 spiro atoms. The lowest BCUT2D eigenvalue weighted by Crippen LogP contribution is -2.52. The molecule has 0 radical (unpaired) electrons. The summed E-state index contributed by atoms with van der Waals surface area (Å²) in [6, 6.07) is 9.91. The van der Waals surface area contributed by atoms with Gasteiger partial charge in [0.15, 0.2) is 0 Å². The predicted molar refractivity (Wildman–Crippen MR) is 125 cm³/mol. The standard InChI is InChI=1S/C25H34N2O3S/c1-17(2)15-22(28)27(25(3,4)5)16-23(29)26-13-11-21-20(12-14-31-21)24(26)18-7-9-19(30-6)10-8-18/h7-10,12,14,17,24H,11,13,15-16H2,1-6H3. The molecule has 0 N–H and O–H groups in total. The fourth-order valence-electron chi connectivity index (χ4n) is 4.12. The SMILES string of the molecule is COc1ccc(C2c3ccsc3CCN2C(=O)CN(C(=O)CC(C)C)C(C)(C)C)cc1. The minimum atomic E-state index is -0.416. The maximum absolute atomic E-state index is 13.6. The highest BCUT2D eigenvalue weighted by atomic mass is 32.1. The van der Waals surface area contributed by atoms with Gasteiger partial charge in [-0.05, 0) is 67.8 Å². The number of carbonyl (C=O) groups is 2. The van der Waals surface area contributed by atoms with Crippen molar-refractivity contribution in [3.8, 4) is 5.75 Å². The number of amides is 2. The number of hydrogen-bond donors (Lipinski definition) is 0. The summed E-state index contributed by atoms with van der Waals surface area (Å²) < 4.78 is 5.31. The highest BCUT2D eigenvalue weighted by molar-refractivity contribution is 7.10. The van der Waals surface area contributed by atoms with Crippen LogP contribution in [0.3, 0.4) is 0 Å². The van der Waals surface area contributed by atoms with Crippen LogP contribution in [0.5, 0.6) is 5.75 Å². The Bertz CT molecular complexity index is 912. The Kier molecular flexibility index (Phi) is 7.10. The molecule has 3 rings (SSSR count). The summed E-state index contributed by atoms with van der Waals surface area (Å²) in [7, 11) is 1.65. The third-order valence-corrected chi connectivity index (χ3v) is 6.70. The molecule has 2 heterocycles. The Morgan fingerprint density at radius 3 is 2.45 bits per heavy atom. The lowest BCUT2D eigenvalue weighted by molar-refractivity contribution is -0.146. The van der Waals surface area contributed by atoms with Gasteiger partial charge in [-0.1, -0.05) is 26.0 Å². The molecule has 2 amide bonds. The number of fused-ring (bicyclic) bond motifs is 1. The Hall–Kier alpha value is -2.34. The van der Waals surface area contributed by atoms with Crippen molar-refractivity contribution in [1.29, 1.82) is 0 Å². The molecule has 1 aliphatic heterocycles. The number of carbonyl (C=O) groups excluding carboxylic acids is 2. The first-order chi connectivity index (χ1) is 14.6. The molecule has 5 nitrogen and oxygen atoms in total. The van der Waals surface area contributed by atoms with Gasteiger partial charge < -0.3 is 14.5 Å². The van der Waals surface area contributed by atoms with Gasteiger partial charge in [0, 0.05) is 23.4 Å². The van der Waals surface area contributed by atoms with Crippen LogP contribution in [-0.2, 0) is 16.0 Å². The monoisotopic (exact) mass is 442 g/mol. The van der Waals surface area contributed by atoms with Crippen LogP contribution in [-0.4, -0.2) is 47.4 Å². The average Bonchev–Trinajstić information content (AvgIpc) is 3.18. The van der Waals surface area contributed by atoms with E-state index in [0.29, 0.717) is 13.0 Å². The van der Waals surface area contributed by atoms with E-state index in [2.05, 4.69) is 11.4 Å². The molecule has 1 aromatic carbocycles. The quantitative estimate of drug-likeness (QED) is 0.639. The molecular formula is C25H34N2O3S. The summed E-state index contributed by atoms with van der Waals surface area (Å²) in [6.07, 6.45) is 1.29. The Balaban J connectivity index is 1.91. The summed E-state index contributed by atoms with van der Waals surface area (Å²) in [5.74, 6) is 1.07. The van der Waals surface area contributed by atoms with E-state index >= 15 is 0 Å². The normalized spacial score (nSPS) is 16.2. The topological polar surface area (TPSA) is 49.9 Å². The van der Waals surface area contributed by atoms with Gasteiger partial charge in [-0.25, -0.2) is 0 Å². The third kappa shape index (κ3) is 5.29. The van der Waals surface area contributed by atoms with Crippen LogP contribution >= 0.6 is 11.3 Å². The van der Waals surface area contributed by atoms with Crippen LogP contribution in [0.4, 0.5) is 0 Å². The van der Waals surface area contributed by atoms with Crippen molar-refractivity contribution in [3.63, 3.8) is 0 Å². The van der Waals surface area contributed by atoms with Gasteiger partial charge in [0.25, 0.3) is 0 Å². The van der Waals surface area contributed by atoms with E-state index in [1.807, 2.05) is 63.8 Å². The molecule has 6 heteroatoms. The van der Waals surface area contributed by atoms with Crippen LogP contribution in [0.15, 0.2) is 35.7 Å². The third-order valence-electron chi connectivity index (χ3n) is 5.70. The van der Waals surface area contributed by atoms with Crippen molar-refractivity contribution in [2.45, 2.75) is 59.0 Å². The van der Waals surface area contributed by atoms with E-state index in [-0.39, 0.29) is 30.3 Å². The number of methoxy groups -OCH3 is 1. The number of thiophene rings is 1. The second-order valence-corrected chi connectivity index (χ2v) is 10.6. The summed E-state index contributed by atoms with van der Waals surface area (Å²) in [5, 5.41) is 2.10. The molecule has 31 heavy (non-hydrogen) atoms. The van der Waals surface area contributed by atoms with Crippen LogP contribution in [0.1, 0.15) is 63.1 Å². The molecule has 0 bridgehead atoms. The highest BCUT2D eigenvalue weighted by Gasteiger charge is 2.36. The van der Waals surface area contributed by atoms with Crippen molar-refractivity contribution < 1.29 is 14.3 Å². The predicted octanol–water partition coefficient (Wildman–Crippen LogP) is 4.90. The van der Waals surface area contributed by atoms with E-state index in [1.54, 1.807) is 23.3 Å². The first-order valence-electron chi connectivity index (χ1n) is 10.9. The first-order valence-corrected chi connectivity index (χ1v) is 11.8. The van der Waals surface area contributed by atoms with E-state index in [4.69, 9.17) is 4.74 Å². The van der Waals surface area contributed by atoms with Gasteiger partial charge in [-0.3, -0.25) is 9.59 Å². The lowest BCUT2D eigenvalue weighted by Gasteiger charge is -2.40. The molecule has 168 valence electrons. The maximum Gasteiger partial charge on any atom is 0.243 e. The molecule has 0 aliphatic carbocycles. The number of ether oxygens (including phenoxy) is 1. The minimum absolute atomic E-state index is 0.00954. The van der Waals surface area contributed by atoms with Gasteiger partial charge >= 0.3 is 0 Å². The molecule has 0 saturated carbocycles. The van der Waals surface area contributed by atoms with Crippen LogP contribution < -0.4 is 4.74 Å². The minimum Gasteiger partial charge on any atom is -0.497 e. The van der Waals surface area contributed by atoms with E-state index < -0.39 is 5.54 Å². The van der Waals surface area contributed by atoms with Crippen molar-refractivity contribution in [3.05, 3.63) is 51.7 Å². The molecule has 2 aromatic rings. The van der Waals surface area contributed by atoms with Gasteiger partial charge in [-0.2, -0.15) is 0 Å². The molecule has 1 aliphatic rings. The average molecular weight is 443 g/mol.